The molecule has 2 unspecified atom stereocenters. The van der Waals surface area contributed by atoms with Gasteiger partial charge < -0.3 is 9.84 Å². The molecule has 1 N–H and O–H groups in total. The van der Waals surface area contributed by atoms with Gasteiger partial charge in [0.15, 0.2) is 0 Å². The highest BCUT2D eigenvalue weighted by atomic mass is 79.9. The monoisotopic (exact) mass is 314 g/mol. The summed E-state index contributed by atoms with van der Waals surface area (Å²) in [5.74, 6) is -0.478. The van der Waals surface area contributed by atoms with E-state index in [1.54, 1.807) is 6.92 Å². The molecule has 5 heteroatoms. The summed E-state index contributed by atoms with van der Waals surface area (Å²) < 4.78 is 4.75. The molecule has 0 aromatic carbocycles. The van der Waals surface area contributed by atoms with Crippen LogP contribution in [0, 0.1) is 0 Å². The van der Waals surface area contributed by atoms with Gasteiger partial charge in [-0.3, -0.25) is 0 Å². The maximum absolute atomic E-state index is 10.9. The molecule has 0 aromatic rings. The lowest BCUT2D eigenvalue weighted by atomic mass is 10.3. The number of halogens is 2. The molecule has 0 bridgehead atoms. The van der Waals surface area contributed by atoms with Crippen molar-refractivity contribution < 1.29 is 14.6 Å². The molecule has 3 nitrogen and oxygen atoms in total. The molecule has 0 saturated carbocycles. The Hall–Kier alpha value is 0.130. The molecule has 0 saturated heterocycles. The van der Waals surface area contributed by atoms with Gasteiger partial charge in [0.2, 0.25) is 0 Å². The van der Waals surface area contributed by atoms with E-state index >= 15 is 0 Å². The quantitative estimate of drug-likeness (QED) is 0.476. The highest BCUT2D eigenvalue weighted by Gasteiger charge is 2.16. The highest BCUT2D eigenvalue weighted by molar-refractivity contribution is 9.12. The Bertz CT molecular complexity index is 194. The number of esters is 1. The van der Waals surface area contributed by atoms with E-state index in [0.29, 0.717) is 10.9 Å². The van der Waals surface area contributed by atoms with Crippen LogP contribution in [0.5, 0.6) is 0 Å². The number of carbonyl (C=O) groups is 1. The zero-order valence-electron chi connectivity index (χ0n) is 7.30. The van der Waals surface area contributed by atoms with Gasteiger partial charge in [-0.25, -0.2) is 4.79 Å². The molecule has 76 valence electrons. The van der Waals surface area contributed by atoms with E-state index in [1.165, 1.54) is 0 Å². The van der Waals surface area contributed by atoms with Gasteiger partial charge in [0.1, 0.15) is 12.7 Å². The van der Waals surface area contributed by atoms with Gasteiger partial charge in [0, 0.05) is 10.9 Å². The molecular weight excluding hydrogens is 304 g/mol. The first-order valence-corrected chi connectivity index (χ1v) is 5.73. The first-order chi connectivity index (χ1) is 5.99. The fourth-order valence-electron chi connectivity index (χ4n) is 0.492. The number of aliphatic hydroxyl groups is 1. The maximum atomic E-state index is 10.9. The van der Waals surface area contributed by atoms with Crippen molar-refractivity contribution in [3.63, 3.8) is 0 Å². The van der Waals surface area contributed by atoms with Crippen molar-refractivity contribution in [1.29, 1.82) is 0 Å². The molecule has 0 rings (SSSR count). The minimum atomic E-state index is -0.706. The first kappa shape index (κ1) is 13.1. The van der Waals surface area contributed by atoms with Gasteiger partial charge in [-0.1, -0.05) is 38.4 Å². The van der Waals surface area contributed by atoms with E-state index in [1.807, 2.05) is 0 Å². The number of ether oxygens (including phenoxy) is 1. The summed E-state index contributed by atoms with van der Waals surface area (Å²) in [6.07, 6.45) is -0.706. The summed E-state index contributed by atoms with van der Waals surface area (Å²) in [7, 11) is 0. The van der Waals surface area contributed by atoms with E-state index in [0.717, 1.165) is 0 Å². The third-order valence-corrected chi connectivity index (χ3v) is 3.80. The Labute approximate surface area is 94.4 Å². The van der Waals surface area contributed by atoms with E-state index in [-0.39, 0.29) is 11.4 Å². The molecule has 0 spiro atoms. The summed E-state index contributed by atoms with van der Waals surface area (Å²) in [6.45, 7) is 4.96. The van der Waals surface area contributed by atoms with Crippen LogP contribution in [0.15, 0.2) is 12.2 Å². The number of carbonyl (C=O) groups excluding carboxylic acids is 1. The molecular formula is C8H12Br2O3. The summed E-state index contributed by atoms with van der Waals surface area (Å²) in [4.78, 5) is 10.8. The average Bonchev–Trinajstić information content (AvgIpc) is 2.11. The first-order valence-electron chi connectivity index (χ1n) is 3.69. The van der Waals surface area contributed by atoms with Crippen LogP contribution in [0.1, 0.15) is 6.92 Å². The molecule has 0 radical (unpaired) electrons. The summed E-state index contributed by atoms with van der Waals surface area (Å²) in [5.41, 5.74) is 0.331. The summed E-state index contributed by atoms with van der Waals surface area (Å²) >= 11 is 6.41. The van der Waals surface area contributed by atoms with Crippen molar-refractivity contribution in [3.05, 3.63) is 12.2 Å². The van der Waals surface area contributed by atoms with Crippen molar-refractivity contribution in [2.24, 2.45) is 0 Å². The Kier molecular flexibility index (Phi) is 6.63. The number of rotatable bonds is 5. The van der Waals surface area contributed by atoms with Crippen LogP contribution in [0.3, 0.4) is 0 Å². The summed E-state index contributed by atoms with van der Waals surface area (Å²) in [6, 6.07) is 0. The van der Waals surface area contributed by atoms with E-state index in [9.17, 15) is 9.90 Å². The van der Waals surface area contributed by atoms with Crippen LogP contribution in [0.4, 0.5) is 0 Å². The molecule has 0 heterocycles. The normalized spacial score (nSPS) is 14.8. The Balaban J connectivity index is 3.76. The van der Waals surface area contributed by atoms with Crippen molar-refractivity contribution in [2.75, 3.05) is 11.9 Å². The zero-order valence-corrected chi connectivity index (χ0v) is 10.5. The Morgan fingerprint density at radius 3 is 2.62 bits per heavy atom. The third-order valence-electron chi connectivity index (χ3n) is 1.30. The number of hydrogen-bond acceptors (Lipinski definition) is 3. The van der Waals surface area contributed by atoms with E-state index in [4.69, 9.17) is 4.74 Å². The van der Waals surface area contributed by atoms with Gasteiger partial charge in [-0.2, -0.15) is 0 Å². The molecule has 0 aliphatic carbocycles. The van der Waals surface area contributed by atoms with Crippen molar-refractivity contribution in [2.45, 2.75) is 17.9 Å². The van der Waals surface area contributed by atoms with Gasteiger partial charge in [0.05, 0.1) is 4.83 Å². The van der Waals surface area contributed by atoms with Crippen molar-refractivity contribution >= 4 is 37.8 Å². The fraction of sp³-hybridized carbons (Fsp3) is 0.625. The SMILES string of the molecule is C=C(C)C(=O)OCC(O)C(Br)CBr. The largest absolute Gasteiger partial charge is 0.460 e. The minimum Gasteiger partial charge on any atom is -0.460 e. The lowest BCUT2D eigenvalue weighted by molar-refractivity contribution is -0.141. The second kappa shape index (κ2) is 6.56. The second-order valence-corrected chi connectivity index (χ2v) is 4.44. The van der Waals surface area contributed by atoms with Crippen LogP contribution in [0.2, 0.25) is 0 Å². The van der Waals surface area contributed by atoms with Crippen LogP contribution in [-0.4, -0.2) is 33.9 Å². The lowest BCUT2D eigenvalue weighted by Gasteiger charge is -2.14. The Morgan fingerprint density at radius 2 is 2.23 bits per heavy atom. The number of hydrogen-bond donors (Lipinski definition) is 1. The van der Waals surface area contributed by atoms with Gasteiger partial charge in [-0.15, -0.1) is 0 Å². The summed E-state index contributed by atoms with van der Waals surface area (Å²) in [5, 5.41) is 9.96. The number of alkyl halides is 2. The van der Waals surface area contributed by atoms with Crippen molar-refractivity contribution in [3.8, 4) is 0 Å². The molecule has 0 amide bonds. The van der Waals surface area contributed by atoms with Gasteiger partial charge >= 0.3 is 5.97 Å². The predicted molar refractivity (Wildman–Crippen MR) is 58.3 cm³/mol. The van der Waals surface area contributed by atoms with Gasteiger partial charge in [0.25, 0.3) is 0 Å². The fourth-order valence-corrected chi connectivity index (χ4v) is 1.08. The van der Waals surface area contributed by atoms with Crippen LogP contribution in [0.25, 0.3) is 0 Å². The minimum absolute atomic E-state index is 0.0206. The topological polar surface area (TPSA) is 46.5 Å². The van der Waals surface area contributed by atoms with Crippen LogP contribution >= 0.6 is 31.9 Å². The lowest BCUT2D eigenvalue weighted by Crippen LogP contribution is -2.28. The van der Waals surface area contributed by atoms with Crippen molar-refractivity contribution in [1.82, 2.24) is 0 Å². The number of aliphatic hydroxyl groups excluding tert-OH is 1. The zero-order chi connectivity index (χ0) is 10.4. The van der Waals surface area contributed by atoms with E-state index < -0.39 is 12.1 Å². The maximum Gasteiger partial charge on any atom is 0.333 e. The smallest absolute Gasteiger partial charge is 0.333 e. The van der Waals surface area contributed by atoms with Gasteiger partial charge in [-0.05, 0) is 6.92 Å². The molecule has 0 aromatic heterocycles. The standard InChI is InChI=1S/C8H12Br2O3/c1-5(2)8(12)13-4-7(11)6(10)3-9/h6-7,11H,1,3-4H2,2H3. The third kappa shape index (κ3) is 5.44. The highest BCUT2D eigenvalue weighted by Crippen LogP contribution is 2.09. The van der Waals surface area contributed by atoms with Crippen LogP contribution < -0.4 is 0 Å². The molecule has 2 atom stereocenters. The predicted octanol–water partition coefficient (Wildman–Crippen LogP) is 1.62. The molecule has 0 aliphatic rings. The molecule has 0 aliphatic heterocycles. The average molecular weight is 316 g/mol. The molecule has 13 heavy (non-hydrogen) atoms. The van der Waals surface area contributed by atoms with Crippen LogP contribution in [-0.2, 0) is 9.53 Å². The van der Waals surface area contributed by atoms with E-state index in [2.05, 4.69) is 38.4 Å². The second-order valence-electron chi connectivity index (χ2n) is 2.62. The Morgan fingerprint density at radius 1 is 1.69 bits per heavy atom. The molecule has 0 fully saturated rings.